The zero-order valence-electron chi connectivity index (χ0n) is 26.1. The molecule has 2 saturated heterocycles. The van der Waals surface area contributed by atoms with Gasteiger partial charge in [-0.25, -0.2) is 9.18 Å². The van der Waals surface area contributed by atoms with E-state index in [4.69, 9.17) is 9.47 Å². The van der Waals surface area contributed by atoms with Crippen LogP contribution in [0.2, 0.25) is 16.6 Å². The van der Waals surface area contributed by atoms with Crippen LogP contribution in [0.1, 0.15) is 66.4 Å². The summed E-state index contributed by atoms with van der Waals surface area (Å²) in [4.78, 5) is 14.7. The predicted molar refractivity (Wildman–Crippen MR) is 166 cm³/mol. The Morgan fingerprint density at radius 3 is 2.38 bits per heavy atom. The molecule has 8 nitrogen and oxygen atoms in total. The van der Waals surface area contributed by atoms with Gasteiger partial charge in [0, 0.05) is 31.3 Å². The molecular formula is C32H45FN4O4Si. The summed E-state index contributed by atoms with van der Waals surface area (Å²) in [6.45, 7) is 13.9. The van der Waals surface area contributed by atoms with E-state index in [9.17, 15) is 9.90 Å². The second kappa shape index (κ2) is 13.0. The van der Waals surface area contributed by atoms with Crippen molar-refractivity contribution >= 4 is 20.0 Å². The quantitative estimate of drug-likeness (QED) is 0.195. The van der Waals surface area contributed by atoms with E-state index in [0.717, 1.165) is 11.1 Å². The summed E-state index contributed by atoms with van der Waals surface area (Å²) >= 11 is 0. The van der Waals surface area contributed by atoms with Gasteiger partial charge in [-0.3, -0.25) is 4.90 Å². The number of benzene rings is 1. The number of hydrogen-bond acceptors (Lipinski definition) is 6. The smallest absolute Gasteiger partial charge is 0.407 e. The Morgan fingerprint density at radius 1 is 1.12 bits per heavy atom. The first kappa shape index (κ1) is 31.8. The van der Waals surface area contributed by atoms with E-state index in [-0.39, 0.29) is 12.8 Å². The summed E-state index contributed by atoms with van der Waals surface area (Å²) in [6, 6.07) is 8.29. The number of carboxylic acid groups (broad SMARTS) is 1. The van der Waals surface area contributed by atoms with Crippen molar-refractivity contribution in [3.8, 4) is 28.5 Å². The number of carbonyl (C=O) groups is 1. The van der Waals surface area contributed by atoms with Gasteiger partial charge in [0.25, 0.3) is 0 Å². The summed E-state index contributed by atoms with van der Waals surface area (Å²) in [6.07, 6.45) is -0.673. The molecule has 1 amide bonds. The van der Waals surface area contributed by atoms with Gasteiger partial charge in [0.1, 0.15) is 20.0 Å². The summed E-state index contributed by atoms with van der Waals surface area (Å²) in [5.74, 6) is 4.62. The van der Waals surface area contributed by atoms with Gasteiger partial charge >= 0.3 is 6.09 Å². The number of aromatic nitrogens is 2. The lowest BCUT2D eigenvalue weighted by Gasteiger charge is -2.43. The lowest BCUT2D eigenvalue weighted by molar-refractivity contribution is 0.0489. The maximum Gasteiger partial charge on any atom is 0.407 e. The molecule has 1 N–H and O–H groups in total. The molecule has 2 aliphatic rings. The second-order valence-electron chi connectivity index (χ2n) is 12.5. The van der Waals surface area contributed by atoms with Crippen molar-refractivity contribution in [1.29, 1.82) is 0 Å². The molecule has 0 saturated carbocycles. The van der Waals surface area contributed by atoms with E-state index in [0.29, 0.717) is 53.1 Å². The number of hydrogen-bond donors (Lipinski definition) is 1. The Kier molecular flexibility index (Phi) is 9.83. The van der Waals surface area contributed by atoms with E-state index in [1.165, 1.54) is 4.90 Å². The Balaban J connectivity index is 1.59. The number of ether oxygens (including phenoxy) is 2. The minimum Gasteiger partial charge on any atom is -0.467 e. The second-order valence-corrected chi connectivity index (χ2v) is 18.1. The molecule has 0 unspecified atom stereocenters. The lowest BCUT2D eigenvalue weighted by atomic mass is 9.94. The number of nitrogens with zero attached hydrogens (tertiary/aromatic N) is 4. The van der Waals surface area contributed by atoms with Crippen molar-refractivity contribution < 1.29 is 23.8 Å². The molecule has 1 aromatic heterocycles. The summed E-state index contributed by atoms with van der Waals surface area (Å²) < 4.78 is 26.6. The van der Waals surface area contributed by atoms with Crippen LogP contribution in [0.15, 0.2) is 30.3 Å². The Bertz CT molecular complexity index is 1290. The molecule has 4 atom stereocenters. The van der Waals surface area contributed by atoms with Crippen LogP contribution in [-0.4, -0.2) is 79.6 Å². The molecule has 2 bridgehead atoms. The molecule has 2 aliphatic heterocycles. The van der Waals surface area contributed by atoms with E-state index < -0.39 is 32.4 Å². The largest absolute Gasteiger partial charge is 0.467 e. The zero-order valence-corrected chi connectivity index (χ0v) is 27.1. The standard InChI is InChI=1S/C32H45FN4O4Si/c1-20(2)42(21(3)4,22(5)6)16-15-23-9-11-25(29(17-23)41-19-40-8)26-12-14-30(35-34-26)36(7)28-18-24-10-13-27(31(28)33)37(24)32(38)39/h9,11-12,14,17,20-22,24,27-28,31H,10,13,18-19H2,1-8H3,(H,38,39)/t24-,27+,28-,31+/m0/s1. The van der Waals surface area contributed by atoms with E-state index in [1.807, 2.05) is 30.3 Å². The number of alkyl halides is 1. The molecule has 1 aromatic carbocycles. The van der Waals surface area contributed by atoms with Gasteiger partial charge in [-0.1, -0.05) is 47.5 Å². The van der Waals surface area contributed by atoms with Crippen LogP contribution >= 0.6 is 0 Å². The van der Waals surface area contributed by atoms with Crippen LogP contribution in [0.25, 0.3) is 11.3 Å². The number of fused-ring (bicyclic) bond motifs is 2. The monoisotopic (exact) mass is 596 g/mol. The first-order valence-electron chi connectivity index (χ1n) is 14.9. The number of anilines is 1. The van der Waals surface area contributed by atoms with Crippen molar-refractivity contribution in [3.63, 3.8) is 0 Å². The van der Waals surface area contributed by atoms with Gasteiger partial charge in [-0.05, 0) is 66.2 Å². The molecule has 0 radical (unpaired) electrons. The molecule has 0 aliphatic carbocycles. The highest BCUT2D eigenvalue weighted by Gasteiger charge is 2.51. The maximum absolute atomic E-state index is 15.5. The van der Waals surface area contributed by atoms with Crippen molar-refractivity contribution in [2.24, 2.45) is 0 Å². The molecule has 4 rings (SSSR count). The van der Waals surface area contributed by atoms with Gasteiger partial charge in [0.05, 0.1) is 17.8 Å². The van der Waals surface area contributed by atoms with Gasteiger partial charge in [0.15, 0.2) is 12.6 Å². The van der Waals surface area contributed by atoms with Crippen molar-refractivity contribution in [1.82, 2.24) is 15.1 Å². The first-order chi connectivity index (χ1) is 19.9. The SMILES string of the molecule is COCOc1cc(C#C[Si](C(C)C)(C(C)C)C(C)C)ccc1-c1ccc(N(C)[C@H]2C[C@@H]3CC[C@H]([C@H]2F)N3C(=O)O)nn1. The summed E-state index contributed by atoms with van der Waals surface area (Å²) in [7, 11) is 1.48. The minimum atomic E-state index is -1.89. The van der Waals surface area contributed by atoms with Gasteiger partial charge in [-0.2, -0.15) is 0 Å². The fourth-order valence-corrected chi connectivity index (χ4v) is 12.5. The van der Waals surface area contributed by atoms with Crippen molar-refractivity contribution in [3.05, 3.63) is 35.9 Å². The third-order valence-electron chi connectivity index (χ3n) is 9.40. The van der Waals surface area contributed by atoms with Crippen molar-refractivity contribution in [2.75, 3.05) is 25.9 Å². The summed E-state index contributed by atoms with van der Waals surface area (Å²) in [5.41, 5.74) is 7.63. The normalized spacial score (nSPS) is 22.0. The molecule has 0 spiro atoms. The van der Waals surface area contributed by atoms with Crippen LogP contribution in [-0.2, 0) is 4.74 Å². The van der Waals surface area contributed by atoms with Crippen LogP contribution < -0.4 is 9.64 Å². The van der Waals surface area contributed by atoms with E-state index in [2.05, 4.69) is 63.2 Å². The van der Waals surface area contributed by atoms with Crippen LogP contribution in [0.5, 0.6) is 5.75 Å². The minimum absolute atomic E-state index is 0.0794. The molecule has 2 aromatic rings. The van der Waals surface area contributed by atoms with Crippen LogP contribution in [0.3, 0.4) is 0 Å². The third-order valence-corrected chi connectivity index (χ3v) is 15.7. The summed E-state index contributed by atoms with van der Waals surface area (Å²) in [5, 5.41) is 18.4. The number of methoxy groups -OCH3 is 1. The van der Waals surface area contributed by atoms with Gasteiger partial charge in [-0.15, -0.1) is 15.7 Å². The average molecular weight is 597 g/mol. The number of piperidine rings is 1. The molecule has 228 valence electrons. The number of amides is 1. The van der Waals surface area contributed by atoms with Gasteiger partial charge in [0.2, 0.25) is 0 Å². The predicted octanol–water partition coefficient (Wildman–Crippen LogP) is 6.75. The number of halogens is 1. The zero-order chi connectivity index (χ0) is 30.8. The first-order valence-corrected chi connectivity index (χ1v) is 17.2. The highest BCUT2D eigenvalue weighted by atomic mass is 28.3. The van der Waals surface area contributed by atoms with Crippen molar-refractivity contribution in [2.45, 2.75) is 102 Å². The Hall–Kier alpha value is -3.16. The van der Waals surface area contributed by atoms with E-state index in [1.54, 1.807) is 19.1 Å². The van der Waals surface area contributed by atoms with Crippen LogP contribution in [0, 0.1) is 11.5 Å². The topological polar surface area (TPSA) is 88.0 Å². The lowest BCUT2D eigenvalue weighted by Crippen LogP contribution is -2.58. The molecule has 10 heteroatoms. The Labute approximate surface area is 250 Å². The highest BCUT2D eigenvalue weighted by molar-refractivity contribution is 6.90. The third kappa shape index (κ3) is 5.99. The molecule has 3 heterocycles. The van der Waals surface area contributed by atoms with Crippen LogP contribution in [0.4, 0.5) is 15.0 Å². The highest BCUT2D eigenvalue weighted by Crippen LogP contribution is 2.42. The average Bonchev–Trinajstić information content (AvgIpc) is 3.30. The number of rotatable bonds is 9. The molecule has 2 fully saturated rings. The fourth-order valence-electron chi connectivity index (χ4n) is 7.28. The molecular weight excluding hydrogens is 551 g/mol. The maximum atomic E-state index is 15.5. The Morgan fingerprint density at radius 2 is 1.81 bits per heavy atom. The van der Waals surface area contributed by atoms with E-state index >= 15 is 4.39 Å². The fraction of sp³-hybridized carbons (Fsp3) is 0.594. The van der Waals surface area contributed by atoms with Gasteiger partial charge < -0.3 is 19.5 Å². The molecule has 42 heavy (non-hydrogen) atoms.